The molecule has 0 aliphatic carbocycles. The highest BCUT2D eigenvalue weighted by atomic mass is 35.5. The van der Waals surface area contributed by atoms with Crippen LogP contribution in [0.1, 0.15) is 65.8 Å². The average Bonchev–Trinajstić information content (AvgIpc) is 3.46. The van der Waals surface area contributed by atoms with Crippen LogP contribution in [0.5, 0.6) is 11.5 Å². The molecular weight excluding hydrogens is 505 g/mol. The third kappa shape index (κ3) is 5.24. The minimum Gasteiger partial charge on any atom is -0.507 e. The van der Waals surface area contributed by atoms with E-state index >= 15 is 0 Å². The average molecular weight is 534 g/mol. The number of ether oxygens (including phenoxy) is 1. The predicted molar refractivity (Wildman–Crippen MR) is 145 cm³/mol. The van der Waals surface area contributed by atoms with Crippen molar-refractivity contribution >= 4 is 17.5 Å². The summed E-state index contributed by atoms with van der Waals surface area (Å²) < 4.78 is 19.5. The Kier molecular flexibility index (Phi) is 7.65. The normalized spacial score (nSPS) is 14.7. The number of unbranched alkanes of at least 4 members (excludes halogenated alkanes) is 3. The first-order valence-electron chi connectivity index (χ1n) is 12.8. The Labute approximate surface area is 226 Å². The summed E-state index contributed by atoms with van der Waals surface area (Å²) in [7, 11) is 0. The van der Waals surface area contributed by atoms with E-state index in [-0.39, 0.29) is 24.0 Å². The predicted octanol–water partition coefficient (Wildman–Crippen LogP) is 7.28. The van der Waals surface area contributed by atoms with E-state index in [4.69, 9.17) is 16.3 Å². The molecule has 4 aromatic rings. The second kappa shape index (κ2) is 11.3. The fourth-order valence-electron chi connectivity index (χ4n) is 4.86. The minimum absolute atomic E-state index is 0.0127. The first-order valence-corrected chi connectivity index (χ1v) is 13.2. The van der Waals surface area contributed by atoms with Crippen molar-refractivity contribution in [2.75, 3.05) is 6.61 Å². The molecule has 1 aliphatic heterocycles. The maximum absolute atomic E-state index is 13.6. The standard InChI is InChI=1S/C30H29ClFN3O3/c1-2-3-4-5-16-38-23-13-8-20(9-14-23)29-26-27(24-17-21(31)10-15-25(24)36)33-34-28(26)30(37)35(29)18-19-6-11-22(32)12-7-19/h6-15,17,29,36H,2-5,16,18H2,1H3,(H,33,34). The van der Waals surface area contributed by atoms with Gasteiger partial charge in [0.15, 0.2) is 0 Å². The summed E-state index contributed by atoms with van der Waals surface area (Å²) in [6.07, 6.45) is 4.51. The lowest BCUT2D eigenvalue weighted by Gasteiger charge is -2.27. The number of rotatable bonds is 10. The molecule has 0 saturated heterocycles. The van der Waals surface area contributed by atoms with E-state index in [1.54, 1.807) is 29.2 Å². The molecule has 5 rings (SSSR count). The second-order valence-corrected chi connectivity index (χ2v) is 9.90. The van der Waals surface area contributed by atoms with Gasteiger partial charge in [0.05, 0.1) is 12.6 Å². The molecule has 1 aromatic heterocycles. The number of fused-ring (bicyclic) bond motifs is 1. The Morgan fingerprint density at radius 3 is 2.55 bits per heavy atom. The van der Waals surface area contributed by atoms with Crippen molar-refractivity contribution in [1.29, 1.82) is 0 Å². The second-order valence-electron chi connectivity index (χ2n) is 9.46. The number of nitrogens with zero attached hydrogens (tertiary/aromatic N) is 2. The number of hydrogen-bond acceptors (Lipinski definition) is 4. The van der Waals surface area contributed by atoms with Gasteiger partial charge in [-0.05, 0) is 60.0 Å². The number of aromatic hydroxyl groups is 1. The zero-order valence-corrected chi connectivity index (χ0v) is 21.8. The first-order chi connectivity index (χ1) is 18.5. The Balaban J connectivity index is 1.51. The number of nitrogens with one attached hydrogen (secondary N) is 1. The molecule has 0 spiro atoms. The van der Waals surface area contributed by atoms with E-state index in [1.807, 2.05) is 24.3 Å². The third-order valence-corrected chi connectivity index (χ3v) is 7.04. The smallest absolute Gasteiger partial charge is 0.273 e. The highest BCUT2D eigenvalue weighted by Crippen LogP contribution is 2.45. The number of carbonyl (C=O) groups is 1. The molecule has 1 unspecified atom stereocenters. The number of aromatic amines is 1. The Hall–Kier alpha value is -3.84. The SMILES string of the molecule is CCCCCCOc1ccc(C2c3c(-c4cc(Cl)ccc4O)n[nH]c3C(=O)N2Cc2ccc(F)cc2)cc1. The highest BCUT2D eigenvalue weighted by Gasteiger charge is 2.42. The Bertz CT molecular complexity index is 1420. The van der Waals surface area contributed by atoms with Gasteiger partial charge in [0.2, 0.25) is 0 Å². The number of benzene rings is 3. The molecule has 1 aliphatic rings. The van der Waals surface area contributed by atoms with Gasteiger partial charge in [-0.3, -0.25) is 9.89 Å². The highest BCUT2D eigenvalue weighted by molar-refractivity contribution is 6.31. The molecule has 0 saturated carbocycles. The lowest BCUT2D eigenvalue weighted by molar-refractivity contribution is 0.0730. The van der Waals surface area contributed by atoms with Crippen LogP contribution in [-0.2, 0) is 6.54 Å². The van der Waals surface area contributed by atoms with Crippen LogP contribution in [0.4, 0.5) is 4.39 Å². The van der Waals surface area contributed by atoms with Crippen LogP contribution in [-0.4, -0.2) is 32.7 Å². The lowest BCUT2D eigenvalue weighted by Crippen LogP contribution is -2.29. The topological polar surface area (TPSA) is 78.5 Å². The zero-order valence-electron chi connectivity index (χ0n) is 21.1. The van der Waals surface area contributed by atoms with Crippen LogP contribution in [0, 0.1) is 5.82 Å². The van der Waals surface area contributed by atoms with Gasteiger partial charge < -0.3 is 14.7 Å². The van der Waals surface area contributed by atoms with E-state index in [9.17, 15) is 14.3 Å². The van der Waals surface area contributed by atoms with Crippen molar-refractivity contribution in [3.05, 3.63) is 100.0 Å². The van der Waals surface area contributed by atoms with Crippen molar-refractivity contribution in [2.24, 2.45) is 0 Å². The molecule has 38 heavy (non-hydrogen) atoms. The first kappa shape index (κ1) is 25.8. The summed E-state index contributed by atoms with van der Waals surface area (Å²) in [5, 5.41) is 18.3. The summed E-state index contributed by atoms with van der Waals surface area (Å²) in [6, 6.07) is 18.1. The molecule has 196 valence electrons. The van der Waals surface area contributed by atoms with Crippen LogP contribution in [0.15, 0.2) is 66.7 Å². The van der Waals surface area contributed by atoms with Crippen LogP contribution in [0.3, 0.4) is 0 Å². The number of phenolic OH excluding ortho intramolecular Hbond substituents is 1. The molecule has 3 aromatic carbocycles. The zero-order chi connectivity index (χ0) is 26.6. The number of carbonyl (C=O) groups excluding carboxylic acids is 1. The van der Waals surface area contributed by atoms with Gasteiger partial charge in [-0.1, -0.05) is 62.1 Å². The summed E-state index contributed by atoms with van der Waals surface area (Å²) in [5.41, 5.74) is 3.55. The largest absolute Gasteiger partial charge is 0.507 e. The number of amides is 1. The molecule has 0 radical (unpaired) electrons. The van der Waals surface area contributed by atoms with Gasteiger partial charge in [-0.2, -0.15) is 5.10 Å². The summed E-state index contributed by atoms with van der Waals surface area (Å²) in [4.78, 5) is 15.3. The fourth-order valence-corrected chi connectivity index (χ4v) is 5.03. The minimum atomic E-state index is -0.492. The molecule has 1 atom stereocenters. The number of hydrogen-bond donors (Lipinski definition) is 2. The molecule has 1 amide bonds. The number of phenols is 1. The quantitative estimate of drug-likeness (QED) is 0.210. The maximum Gasteiger partial charge on any atom is 0.273 e. The molecule has 2 N–H and O–H groups in total. The molecule has 0 bridgehead atoms. The van der Waals surface area contributed by atoms with E-state index in [2.05, 4.69) is 17.1 Å². The Morgan fingerprint density at radius 2 is 1.82 bits per heavy atom. The van der Waals surface area contributed by atoms with Crippen LogP contribution in [0.25, 0.3) is 11.3 Å². The number of aromatic nitrogens is 2. The van der Waals surface area contributed by atoms with Crippen LogP contribution in [0.2, 0.25) is 5.02 Å². The summed E-state index contributed by atoms with van der Waals surface area (Å²) in [6.45, 7) is 3.10. The van der Waals surface area contributed by atoms with Crippen LogP contribution >= 0.6 is 11.6 Å². The van der Waals surface area contributed by atoms with Crippen LogP contribution < -0.4 is 4.74 Å². The van der Waals surface area contributed by atoms with Crippen molar-refractivity contribution in [1.82, 2.24) is 15.1 Å². The number of H-pyrrole nitrogens is 1. The number of halogens is 2. The molecule has 6 nitrogen and oxygen atoms in total. The van der Waals surface area contributed by atoms with E-state index in [0.717, 1.165) is 29.7 Å². The third-order valence-electron chi connectivity index (χ3n) is 6.81. The van der Waals surface area contributed by atoms with E-state index in [0.29, 0.717) is 34.1 Å². The molecule has 0 fully saturated rings. The van der Waals surface area contributed by atoms with Gasteiger partial charge in [-0.15, -0.1) is 0 Å². The molecular formula is C30H29ClFN3O3. The van der Waals surface area contributed by atoms with Crippen molar-refractivity contribution in [2.45, 2.75) is 45.2 Å². The monoisotopic (exact) mass is 533 g/mol. The van der Waals surface area contributed by atoms with Gasteiger partial charge in [-0.25, -0.2) is 4.39 Å². The maximum atomic E-state index is 13.6. The van der Waals surface area contributed by atoms with Gasteiger partial charge >= 0.3 is 0 Å². The Morgan fingerprint density at radius 1 is 1.05 bits per heavy atom. The fraction of sp³-hybridized carbons (Fsp3) is 0.267. The van der Waals surface area contributed by atoms with Gasteiger partial charge in [0, 0.05) is 22.7 Å². The summed E-state index contributed by atoms with van der Waals surface area (Å²) >= 11 is 6.23. The van der Waals surface area contributed by atoms with Gasteiger partial charge in [0.1, 0.15) is 28.7 Å². The lowest BCUT2D eigenvalue weighted by atomic mass is 9.95. The van der Waals surface area contributed by atoms with Gasteiger partial charge in [0.25, 0.3) is 5.91 Å². The summed E-state index contributed by atoms with van der Waals surface area (Å²) in [5.74, 6) is 0.209. The van der Waals surface area contributed by atoms with Crippen molar-refractivity contribution in [3.8, 4) is 22.8 Å². The van der Waals surface area contributed by atoms with E-state index in [1.165, 1.54) is 31.0 Å². The van der Waals surface area contributed by atoms with Crippen molar-refractivity contribution in [3.63, 3.8) is 0 Å². The van der Waals surface area contributed by atoms with Crippen molar-refractivity contribution < 1.29 is 19.0 Å². The molecule has 8 heteroatoms. The van der Waals surface area contributed by atoms with E-state index < -0.39 is 6.04 Å². The molecule has 2 heterocycles.